The van der Waals surface area contributed by atoms with Crippen LogP contribution in [0.25, 0.3) is 11.3 Å². The summed E-state index contributed by atoms with van der Waals surface area (Å²) in [6.07, 6.45) is 1.81. The Kier molecular flexibility index (Phi) is 6.55. The Hall–Kier alpha value is -3.64. The van der Waals surface area contributed by atoms with Crippen LogP contribution in [0, 0.1) is 0 Å². The van der Waals surface area contributed by atoms with Crippen molar-refractivity contribution in [3.8, 4) is 17.1 Å². The minimum Gasteiger partial charge on any atom is -0.494 e. The van der Waals surface area contributed by atoms with E-state index in [0.29, 0.717) is 17.6 Å². The van der Waals surface area contributed by atoms with Gasteiger partial charge in [0, 0.05) is 17.4 Å². The Balaban J connectivity index is 1.53. The van der Waals surface area contributed by atoms with Crippen molar-refractivity contribution in [1.29, 1.82) is 0 Å². The van der Waals surface area contributed by atoms with Crippen molar-refractivity contribution in [3.63, 3.8) is 0 Å². The van der Waals surface area contributed by atoms with Crippen molar-refractivity contribution in [2.75, 3.05) is 11.5 Å². The molecule has 3 heterocycles. The quantitative estimate of drug-likeness (QED) is 0.285. The number of anilines is 1. The fourth-order valence-electron chi connectivity index (χ4n) is 4.49. The van der Waals surface area contributed by atoms with Crippen LogP contribution in [-0.2, 0) is 0 Å². The summed E-state index contributed by atoms with van der Waals surface area (Å²) in [5.74, 6) is 2.94. The Morgan fingerprint density at radius 3 is 2.43 bits per heavy atom. The molecule has 6 heteroatoms. The van der Waals surface area contributed by atoms with Gasteiger partial charge in [-0.2, -0.15) is 0 Å². The standard InChI is InChI=1S/C29H29N3O2S/c1-4-33-23-14-10-21(11-15-23)25-16-17-26(34-25)28-27(24-7-5-6-18-30-24)31-29(35)32(28)22-12-8-20(9-13-22)19(2)3/h5-19,27-28H,4H2,1-3H3,(H,31,35)/t27-,28-/m1/s1. The number of aromatic nitrogens is 1. The highest BCUT2D eigenvalue weighted by Gasteiger charge is 2.42. The number of hydrogen-bond acceptors (Lipinski definition) is 4. The lowest BCUT2D eigenvalue weighted by Crippen LogP contribution is -2.29. The number of nitrogens with one attached hydrogen (secondary N) is 1. The topological polar surface area (TPSA) is 50.5 Å². The van der Waals surface area contributed by atoms with Gasteiger partial charge in [0.2, 0.25) is 0 Å². The lowest BCUT2D eigenvalue weighted by Gasteiger charge is -2.26. The van der Waals surface area contributed by atoms with Gasteiger partial charge in [-0.3, -0.25) is 4.98 Å². The van der Waals surface area contributed by atoms with Crippen molar-refractivity contribution in [2.24, 2.45) is 0 Å². The van der Waals surface area contributed by atoms with E-state index in [-0.39, 0.29) is 12.1 Å². The van der Waals surface area contributed by atoms with Crippen LogP contribution < -0.4 is 15.0 Å². The Bertz CT molecular complexity index is 1280. The summed E-state index contributed by atoms with van der Waals surface area (Å²) in [6.45, 7) is 7.01. The molecule has 0 saturated carbocycles. The molecule has 0 aliphatic carbocycles. The zero-order valence-electron chi connectivity index (χ0n) is 20.1. The second-order valence-corrected chi connectivity index (χ2v) is 9.29. The van der Waals surface area contributed by atoms with Crippen LogP contribution >= 0.6 is 12.2 Å². The number of pyridine rings is 1. The second kappa shape index (κ2) is 9.92. The number of hydrogen-bond donors (Lipinski definition) is 1. The monoisotopic (exact) mass is 483 g/mol. The van der Waals surface area contributed by atoms with Gasteiger partial charge in [-0.05, 0) is 91.3 Å². The second-order valence-electron chi connectivity index (χ2n) is 8.90. The highest BCUT2D eigenvalue weighted by Crippen LogP contribution is 2.43. The van der Waals surface area contributed by atoms with Gasteiger partial charge in [0.25, 0.3) is 0 Å². The van der Waals surface area contributed by atoms with Gasteiger partial charge >= 0.3 is 0 Å². The Morgan fingerprint density at radius 2 is 1.77 bits per heavy atom. The maximum atomic E-state index is 6.46. The van der Waals surface area contributed by atoms with E-state index in [9.17, 15) is 0 Å². The van der Waals surface area contributed by atoms with Crippen molar-refractivity contribution >= 4 is 23.0 Å². The molecule has 0 spiro atoms. The highest BCUT2D eigenvalue weighted by atomic mass is 32.1. The molecule has 1 N–H and O–H groups in total. The normalized spacial score (nSPS) is 17.6. The average Bonchev–Trinajstić information content (AvgIpc) is 3.50. The van der Waals surface area contributed by atoms with Gasteiger partial charge in [-0.1, -0.05) is 32.0 Å². The van der Waals surface area contributed by atoms with Crippen molar-refractivity contribution in [1.82, 2.24) is 10.3 Å². The first-order valence-electron chi connectivity index (χ1n) is 12.0. The molecule has 1 aliphatic rings. The molecule has 1 fully saturated rings. The molecule has 5 nitrogen and oxygen atoms in total. The van der Waals surface area contributed by atoms with E-state index in [2.05, 4.69) is 53.3 Å². The molecule has 2 aromatic carbocycles. The SMILES string of the molecule is CCOc1ccc(-c2ccc([C@@H]3[C@@H](c4ccccn4)NC(=S)N3c3ccc(C(C)C)cc3)o2)cc1. The molecule has 4 aromatic rings. The molecular formula is C29H29N3O2S. The first-order chi connectivity index (χ1) is 17.0. The lowest BCUT2D eigenvalue weighted by molar-refractivity contribution is 0.340. The van der Waals surface area contributed by atoms with Crippen LogP contribution in [0.15, 0.2) is 89.5 Å². The van der Waals surface area contributed by atoms with Crippen molar-refractivity contribution in [3.05, 3.63) is 102 Å². The fourth-order valence-corrected chi connectivity index (χ4v) is 4.84. The maximum Gasteiger partial charge on any atom is 0.174 e. The van der Waals surface area contributed by atoms with Gasteiger partial charge in [0.05, 0.1) is 18.3 Å². The Morgan fingerprint density at radius 1 is 1.00 bits per heavy atom. The van der Waals surface area contributed by atoms with Crippen LogP contribution in [-0.4, -0.2) is 16.7 Å². The van der Waals surface area contributed by atoms with E-state index >= 15 is 0 Å². The molecule has 5 rings (SSSR count). The lowest BCUT2D eigenvalue weighted by atomic mass is 10.0. The number of rotatable bonds is 7. The van der Waals surface area contributed by atoms with Gasteiger partial charge in [0.1, 0.15) is 23.3 Å². The molecule has 35 heavy (non-hydrogen) atoms. The summed E-state index contributed by atoms with van der Waals surface area (Å²) < 4.78 is 12.0. The molecule has 0 bridgehead atoms. The minimum absolute atomic E-state index is 0.146. The van der Waals surface area contributed by atoms with E-state index in [1.165, 1.54) is 5.56 Å². The van der Waals surface area contributed by atoms with Crippen LogP contribution in [0.2, 0.25) is 0 Å². The van der Waals surface area contributed by atoms with Gasteiger partial charge in [0.15, 0.2) is 5.11 Å². The summed E-state index contributed by atoms with van der Waals surface area (Å²) in [4.78, 5) is 6.76. The molecular weight excluding hydrogens is 454 g/mol. The van der Waals surface area contributed by atoms with Gasteiger partial charge < -0.3 is 19.4 Å². The number of benzene rings is 2. The summed E-state index contributed by atoms with van der Waals surface area (Å²) in [5, 5.41) is 4.15. The summed E-state index contributed by atoms with van der Waals surface area (Å²) in [7, 11) is 0. The number of nitrogens with zero attached hydrogens (tertiary/aromatic N) is 2. The third-order valence-electron chi connectivity index (χ3n) is 6.30. The van der Waals surface area contributed by atoms with Crippen LogP contribution in [0.5, 0.6) is 5.75 Å². The van der Waals surface area contributed by atoms with Crippen molar-refractivity contribution in [2.45, 2.75) is 38.8 Å². The van der Waals surface area contributed by atoms with Crippen molar-refractivity contribution < 1.29 is 9.15 Å². The summed E-state index contributed by atoms with van der Waals surface area (Å²) in [6, 6.07) is 26.2. The summed E-state index contributed by atoms with van der Waals surface area (Å²) >= 11 is 5.83. The smallest absolute Gasteiger partial charge is 0.174 e. The zero-order valence-corrected chi connectivity index (χ0v) is 21.0. The molecule has 1 aliphatic heterocycles. The number of ether oxygens (including phenoxy) is 1. The van der Waals surface area contributed by atoms with E-state index < -0.39 is 0 Å². The average molecular weight is 484 g/mol. The molecule has 2 aromatic heterocycles. The molecule has 1 saturated heterocycles. The molecule has 2 atom stereocenters. The van der Waals surface area contributed by atoms with Gasteiger partial charge in [-0.25, -0.2) is 0 Å². The predicted molar refractivity (Wildman–Crippen MR) is 144 cm³/mol. The zero-order chi connectivity index (χ0) is 24.4. The van der Waals surface area contributed by atoms with E-state index in [1.54, 1.807) is 0 Å². The largest absolute Gasteiger partial charge is 0.494 e. The van der Waals surface area contributed by atoms with Crippen LogP contribution in [0.4, 0.5) is 5.69 Å². The van der Waals surface area contributed by atoms with Gasteiger partial charge in [-0.15, -0.1) is 0 Å². The number of furan rings is 1. The first-order valence-corrected chi connectivity index (χ1v) is 12.4. The third-order valence-corrected chi connectivity index (χ3v) is 6.62. The maximum absolute atomic E-state index is 6.46. The van der Waals surface area contributed by atoms with Crippen LogP contribution in [0.1, 0.15) is 55.8 Å². The van der Waals surface area contributed by atoms with E-state index in [4.69, 9.17) is 21.4 Å². The van der Waals surface area contributed by atoms with E-state index in [1.807, 2.05) is 67.7 Å². The minimum atomic E-state index is -0.182. The predicted octanol–water partition coefficient (Wildman–Crippen LogP) is 7.04. The summed E-state index contributed by atoms with van der Waals surface area (Å²) in [5.41, 5.74) is 4.23. The fraction of sp³-hybridized carbons (Fsp3) is 0.241. The third kappa shape index (κ3) is 4.66. The molecule has 178 valence electrons. The molecule has 0 radical (unpaired) electrons. The van der Waals surface area contributed by atoms with Crippen LogP contribution in [0.3, 0.4) is 0 Å². The van der Waals surface area contributed by atoms with E-state index in [0.717, 1.165) is 34.2 Å². The first kappa shape index (κ1) is 23.1. The molecule has 0 unspecified atom stereocenters. The Labute approximate surface area is 211 Å². The molecule has 0 amide bonds. The highest BCUT2D eigenvalue weighted by molar-refractivity contribution is 7.80. The number of thiocarbonyl (C=S) groups is 1.